The number of pyridine rings is 1. The molecule has 0 radical (unpaired) electrons. The van der Waals surface area contributed by atoms with Crippen molar-refractivity contribution in [2.75, 3.05) is 19.6 Å². The molecule has 0 aliphatic carbocycles. The van der Waals surface area contributed by atoms with E-state index in [1.165, 1.54) is 0 Å². The molecule has 80 valence electrons. The quantitative estimate of drug-likeness (QED) is 0.741. The number of rotatable bonds is 1. The molecule has 0 aromatic carbocycles. The molecule has 4 heterocycles. The molecule has 4 rings (SSSR count). The number of aliphatic hydroxyl groups is 1. The SMILES string of the molecule is OC1(c2ccncc2)CN2CCC1CC2. The summed E-state index contributed by atoms with van der Waals surface area (Å²) in [5.74, 6) is 0.435. The van der Waals surface area contributed by atoms with Gasteiger partial charge in [-0.05, 0) is 49.5 Å². The topological polar surface area (TPSA) is 36.4 Å². The van der Waals surface area contributed by atoms with Crippen molar-refractivity contribution in [3.63, 3.8) is 0 Å². The zero-order valence-electron chi connectivity index (χ0n) is 8.76. The van der Waals surface area contributed by atoms with Crippen LogP contribution in [-0.2, 0) is 5.60 Å². The Hall–Kier alpha value is -0.930. The highest BCUT2D eigenvalue weighted by atomic mass is 16.3. The molecule has 1 aromatic heterocycles. The van der Waals surface area contributed by atoms with Crippen LogP contribution in [-0.4, -0.2) is 34.6 Å². The summed E-state index contributed by atoms with van der Waals surface area (Å²) in [4.78, 5) is 6.37. The molecule has 2 bridgehead atoms. The van der Waals surface area contributed by atoms with Gasteiger partial charge in [-0.1, -0.05) is 0 Å². The van der Waals surface area contributed by atoms with Gasteiger partial charge in [-0.15, -0.1) is 0 Å². The number of hydrogen-bond donors (Lipinski definition) is 1. The number of nitrogens with zero attached hydrogens (tertiary/aromatic N) is 2. The lowest BCUT2D eigenvalue weighted by Crippen LogP contribution is -2.57. The predicted molar refractivity (Wildman–Crippen MR) is 57.3 cm³/mol. The van der Waals surface area contributed by atoms with E-state index >= 15 is 0 Å². The van der Waals surface area contributed by atoms with Gasteiger partial charge in [0.1, 0.15) is 5.60 Å². The molecule has 3 fully saturated rings. The van der Waals surface area contributed by atoms with Crippen molar-refractivity contribution in [1.82, 2.24) is 9.88 Å². The normalized spacial score (nSPS) is 39.3. The van der Waals surface area contributed by atoms with Crippen molar-refractivity contribution in [3.05, 3.63) is 30.1 Å². The van der Waals surface area contributed by atoms with Crippen LogP contribution in [0.2, 0.25) is 0 Å². The molecule has 1 atom stereocenters. The number of hydrogen-bond acceptors (Lipinski definition) is 3. The molecule has 3 heteroatoms. The zero-order valence-corrected chi connectivity index (χ0v) is 8.76. The maximum absolute atomic E-state index is 10.8. The average Bonchev–Trinajstić information content (AvgIpc) is 2.31. The molecule has 3 nitrogen and oxygen atoms in total. The Morgan fingerprint density at radius 3 is 2.47 bits per heavy atom. The van der Waals surface area contributed by atoms with Gasteiger partial charge >= 0.3 is 0 Å². The smallest absolute Gasteiger partial charge is 0.105 e. The average molecular weight is 204 g/mol. The van der Waals surface area contributed by atoms with Gasteiger partial charge in [0, 0.05) is 18.9 Å². The summed E-state index contributed by atoms with van der Waals surface area (Å²) in [5, 5.41) is 10.8. The lowest BCUT2D eigenvalue weighted by atomic mass is 9.72. The summed E-state index contributed by atoms with van der Waals surface area (Å²) in [5.41, 5.74) is 0.409. The summed E-state index contributed by atoms with van der Waals surface area (Å²) in [7, 11) is 0. The van der Waals surface area contributed by atoms with Crippen LogP contribution in [0.4, 0.5) is 0 Å². The predicted octanol–water partition coefficient (Wildman–Crippen LogP) is 0.995. The molecule has 1 unspecified atom stereocenters. The molecule has 0 amide bonds. The van der Waals surface area contributed by atoms with E-state index in [2.05, 4.69) is 9.88 Å². The first-order valence-electron chi connectivity index (χ1n) is 5.64. The Morgan fingerprint density at radius 1 is 1.27 bits per heavy atom. The third kappa shape index (κ3) is 1.38. The molecule has 1 aromatic rings. The molecule has 15 heavy (non-hydrogen) atoms. The largest absolute Gasteiger partial charge is 0.384 e. The van der Waals surface area contributed by atoms with Crippen molar-refractivity contribution < 1.29 is 5.11 Å². The van der Waals surface area contributed by atoms with Gasteiger partial charge in [0.15, 0.2) is 0 Å². The van der Waals surface area contributed by atoms with Gasteiger partial charge in [-0.2, -0.15) is 0 Å². The maximum Gasteiger partial charge on any atom is 0.105 e. The highest BCUT2D eigenvalue weighted by Crippen LogP contribution is 2.41. The van der Waals surface area contributed by atoms with Crippen LogP contribution in [0.15, 0.2) is 24.5 Å². The van der Waals surface area contributed by atoms with E-state index in [1.807, 2.05) is 12.1 Å². The van der Waals surface area contributed by atoms with Gasteiger partial charge < -0.3 is 10.0 Å². The summed E-state index contributed by atoms with van der Waals surface area (Å²) < 4.78 is 0. The summed E-state index contributed by atoms with van der Waals surface area (Å²) in [6, 6.07) is 3.89. The van der Waals surface area contributed by atoms with Crippen molar-refractivity contribution in [2.24, 2.45) is 5.92 Å². The summed E-state index contributed by atoms with van der Waals surface area (Å²) in [6.45, 7) is 3.10. The molecule has 3 aliphatic heterocycles. The summed E-state index contributed by atoms with van der Waals surface area (Å²) >= 11 is 0. The Bertz CT molecular complexity index is 346. The van der Waals surface area contributed by atoms with Crippen LogP contribution in [0.1, 0.15) is 18.4 Å². The Kier molecular flexibility index (Phi) is 2.04. The van der Waals surface area contributed by atoms with E-state index in [-0.39, 0.29) is 0 Å². The van der Waals surface area contributed by atoms with E-state index in [4.69, 9.17) is 0 Å². The van der Waals surface area contributed by atoms with E-state index < -0.39 is 5.60 Å². The van der Waals surface area contributed by atoms with Crippen molar-refractivity contribution in [1.29, 1.82) is 0 Å². The summed E-state index contributed by atoms with van der Waals surface area (Å²) in [6.07, 6.45) is 5.79. The van der Waals surface area contributed by atoms with E-state index in [0.29, 0.717) is 5.92 Å². The van der Waals surface area contributed by atoms with Crippen LogP contribution in [0.5, 0.6) is 0 Å². The van der Waals surface area contributed by atoms with Crippen molar-refractivity contribution >= 4 is 0 Å². The maximum atomic E-state index is 10.8. The van der Waals surface area contributed by atoms with Gasteiger partial charge in [0.05, 0.1) is 0 Å². The number of fused-ring (bicyclic) bond motifs is 3. The first kappa shape index (κ1) is 9.31. The minimum atomic E-state index is -0.626. The number of piperidine rings is 3. The Morgan fingerprint density at radius 2 is 1.93 bits per heavy atom. The number of aromatic nitrogens is 1. The van der Waals surface area contributed by atoms with Crippen LogP contribution in [0, 0.1) is 5.92 Å². The highest BCUT2D eigenvalue weighted by Gasteiger charge is 2.46. The Labute approximate surface area is 89.7 Å². The minimum absolute atomic E-state index is 0.435. The van der Waals surface area contributed by atoms with Crippen LogP contribution < -0.4 is 0 Å². The molecular weight excluding hydrogens is 188 g/mol. The lowest BCUT2D eigenvalue weighted by Gasteiger charge is -2.50. The molecular formula is C12H16N2O. The fourth-order valence-corrected chi connectivity index (χ4v) is 3.01. The highest BCUT2D eigenvalue weighted by molar-refractivity contribution is 5.23. The van der Waals surface area contributed by atoms with E-state index in [0.717, 1.165) is 38.0 Å². The van der Waals surface area contributed by atoms with Gasteiger partial charge in [0.25, 0.3) is 0 Å². The zero-order chi connectivity index (χ0) is 10.3. The lowest BCUT2D eigenvalue weighted by molar-refractivity contribution is -0.117. The third-order valence-corrected chi connectivity index (χ3v) is 3.91. The fraction of sp³-hybridized carbons (Fsp3) is 0.583. The standard InChI is InChI=1S/C12H16N2O/c15-12(10-1-5-13-6-2-10)9-14-7-3-11(12)4-8-14/h1-2,5-6,11,15H,3-4,7-9H2. The molecule has 0 saturated carbocycles. The molecule has 0 spiro atoms. The van der Waals surface area contributed by atoms with Gasteiger partial charge in [-0.25, -0.2) is 0 Å². The second-order valence-corrected chi connectivity index (χ2v) is 4.71. The van der Waals surface area contributed by atoms with E-state index in [9.17, 15) is 5.11 Å². The van der Waals surface area contributed by atoms with Crippen LogP contribution >= 0.6 is 0 Å². The van der Waals surface area contributed by atoms with Gasteiger partial charge in [-0.3, -0.25) is 4.98 Å². The second kappa shape index (κ2) is 3.29. The minimum Gasteiger partial charge on any atom is -0.384 e. The third-order valence-electron chi connectivity index (χ3n) is 3.91. The van der Waals surface area contributed by atoms with Crippen molar-refractivity contribution in [2.45, 2.75) is 18.4 Å². The Balaban J connectivity index is 1.97. The van der Waals surface area contributed by atoms with E-state index in [1.54, 1.807) is 12.4 Å². The molecule has 3 saturated heterocycles. The van der Waals surface area contributed by atoms with Crippen LogP contribution in [0.25, 0.3) is 0 Å². The first-order chi connectivity index (χ1) is 7.29. The molecule has 3 aliphatic rings. The van der Waals surface area contributed by atoms with Crippen molar-refractivity contribution in [3.8, 4) is 0 Å². The monoisotopic (exact) mass is 204 g/mol. The van der Waals surface area contributed by atoms with Gasteiger partial charge in [0.2, 0.25) is 0 Å². The van der Waals surface area contributed by atoms with Crippen LogP contribution in [0.3, 0.4) is 0 Å². The second-order valence-electron chi connectivity index (χ2n) is 4.71. The fourth-order valence-electron chi connectivity index (χ4n) is 3.01. The first-order valence-corrected chi connectivity index (χ1v) is 5.64. The molecule has 1 N–H and O–H groups in total.